The molecular formula is C18H15ClN2O2S. The van der Waals surface area contributed by atoms with Crippen LogP contribution in [0.15, 0.2) is 71.9 Å². The van der Waals surface area contributed by atoms with Gasteiger partial charge in [0, 0.05) is 28.5 Å². The van der Waals surface area contributed by atoms with Gasteiger partial charge in [-0.25, -0.2) is 13.6 Å². The normalized spacial score (nSPS) is 11.4. The van der Waals surface area contributed by atoms with E-state index in [1.165, 1.54) is 6.07 Å². The number of aromatic nitrogens is 1. The number of rotatable bonds is 4. The van der Waals surface area contributed by atoms with Gasteiger partial charge in [0.25, 0.3) is 0 Å². The number of primary sulfonamides is 1. The van der Waals surface area contributed by atoms with E-state index in [1.807, 2.05) is 36.4 Å². The Morgan fingerprint density at radius 1 is 1.00 bits per heavy atom. The lowest BCUT2D eigenvalue weighted by atomic mass is 9.95. The minimum atomic E-state index is -3.88. The molecule has 0 amide bonds. The van der Waals surface area contributed by atoms with Crippen molar-refractivity contribution in [3.63, 3.8) is 0 Å². The van der Waals surface area contributed by atoms with Crippen molar-refractivity contribution in [3.8, 4) is 11.1 Å². The van der Waals surface area contributed by atoms with Gasteiger partial charge in [-0.2, -0.15) is 0 Å². The van der Waals surface area contributed by atoms with Gasteiger partial charge in [0.1, 0.15) is 0 Å². The van der Waals surface area contributed by atoms with Crippen molar-refractivity contribution in [1.82, 2.24) is 4.98 Å². The molecule has 0 unspecified atom stereocenters. The van der Waals surface area contributed by atoms with Crippen LogP contribution in [0.2, 0.25) is 5.02 Å². The molecule has 3 aromatic rings. The summed E-state index contributed by atoms with van der Waals surface area (Å²) in [7, 11) is -3.88. The van der Waals surface area contributed by atoms with E-state index in [4.69, 9.17) is 16.7 Å². The fraction of sp³-hybridized carbons (Fsp3) is 0.0556. The van der Waals surface area contributed by atoms with E-state index in [9.17, 15) is 8.42 Å². The SMILES string of the molecule is NS(=O)(=O)c1ccc(Cl)c(-c2cccnc2)c1Cc1ccccc1. The Labute approximate surface area is 146 Å². The molecule has 0 atom stereocenters. The molecule has 0 aliphatic rings. The van der Waals surface area contributed by atoms with Gasteiger partial charge in [0.15, 0.2) is 0 Å². The van der Waals surface area contributed by atoms with Crippen LogP contribution in [0.1, 0.15) is 11.1 Å². The third-order valence-electron chi connectivity index (χ3n) is 3.70. The Balaban J connectivity index is 2.28. The standard InChI is InChI=1S/C18H15ClN2O2S/c19-16-8-9-17(24(20,22)23)15(11-13-5-2-1-3-6-13)18(16)14-7-4-10-21-12-14/h1-10,12H,11H2,(H2,20,22,23). The predicted octanol–water partition coefficient (Wildman–Crippen LogP) is 3.64. The summed E-state index contributed by atoms with van der Waals surface area (Å²) in [5, 5.41) is 5.88. The number of nitrogens with zero attached hydrogens (tertiary/aromatic N) is 1. The van der Waals surface area contributed by atoms with Crippen molar-refractivity contribution in [1.29, 1.82) is 0 Å². The molecule has 1 aromatic heterocycles. The highest BCUT2D eigenvalue weighted by Crippen LogP contribution is 2.36. The van der Waals surface area contributed by atoms with Crippen LogP contribution in [0.3, 0.4) is 0 Å². The second-order valence-corrected chi connectivity index (χ2v) is 7.29. The Hall–Kier alpha value is -2.21. The van der Waals surface area contributed by atoms with E-state index in [2.05, 4.69) is 4.98 Å². The zero-order valence-corrected chi connectivity index (χ0v) is 14.3. The second-order valence-electron chi connectivity index (χ2n) is 5.35. The summed E-state index contributed by atoms with van der Waals surface area (Å²) in [6.45, 7) is 0. The quantitative estimate of drug-likeness (QED) is 0.773. The number of halogens is 1. The maximum absolute atomic E-state index is 12.1. The molecule has 6 heteroatoms. The van der Waals surface area contributed by atoms with Crippen molar-refractivity contribution >= 4 is 21.6 Å². The van der Waals surface area contributed by atoms with Crippen LogP contribution < -0.4 is 5.14 Å². The average molecular weight is 359 g/mol. The average Bonchev–Trinajstić information content (AvgIpc) is 2.56. The van der Waals surface area contributed by atoms with Gasteiger partial charge in [-0.3, -0.25) is 4.98 Å². The maximum atomic E-state index is 12.1. The van der Waals surface area contributed by atoms with Crippen molar-refractivity contribution in [2.45, 2.75) is 11.3 Å². The molecule has 2 N–H and O–H groups in total. The molecule has 0 aliphatic heterocycles. The van der Waals surface area contributed by atoms with Gasteiger partial charge in [-0.15, -0.1) is 0 Å². The highest BCUT2D eigenvalue weighted by molar-refractivity contribution is 7.89. The van der Waals surface area contributed by atoms with Crippen molar-refractivity contribution in [3.05, 3.63) is 83.1 Å². The van der Waals surface area contributed by atoms with Gasteiger partial charge < -0.3 is 0 Å². The predicted molar refractivity (Wildman–Crippen MR) is 95.3 cm³/mol. The molecule has 2 aromatic carbocycles. The first-order valence-electron chi connectivity index (χ1n) is 7.25. The molecule has 0 aliphatic carbocycles. The van der Waals surface area contributed by atoms with Crippen LogP contribution >= 0.6 is 11.6 Å². The summed E-state index contributed by atoms with van der Waals surface area (Å²) in [6.07, 6.45) is 3.71. The smallest absolute Gasteiger partial charge is 0.238 e. The molecule has 0 saturated carbocycles. The molecule has 0 fully saturated rings. The zero-order chi connectivity index (χ0) is 17.2. The van der Waals surface area contributed by atoms with E-state index in [0.717, 1.165) is 11.1 Å². The number of benzene rings is 2. The third kappa shape index (κ3) is 3.48. The van der Waals surface area contributed by atoms with Crippen LogP contribution in [-0.4, -0.2) is 13.4 Å². The molecule has 1 heterocycles. The number of hydrogen-bond donors (Lipinski definition) is 1. The van der Waals surface area contributed by atoms with Gasteiger partial charge in [0.2, 0.25) is 10.0 Å². The first-order valence-corrected chi connectivity index (χ1v) is 9.18. The summed E-state index contributed by atoms with van der Waals surface area (Å²) in [5.74, 6) is 0. The summed E-state index contributed by atoms with van der Waals surface area (Å²) in [6, 6.07) is 16.2. The van der Waals surface area contributed by atoms with Crippen molar-refractivity contribution < 1.29 is 8.42 Å². The van der Waals surface area contributed by atoms with Gasteiger partial charge in [-0.05, 0) is 35.7 Å². The fourth-order valence-electron chi connectivity index (χ4n) is 2.66. The van der Waals surface area contributed by atoms with Crippen LogP contribution in [0.25, 0.3) is 11.1 Å². The summed E-state index contributed by atoms with van der Waals surface area (Å²) in [4.78, 5) is 4.18. The molecule has 4 nitrogen and oxygen atoms in total. The minimum Gasteiger partial charge on any atom is -0.264 e. The van der Waals surface area contributed by atoms with Crippen molar-refractivity contribution in [2.24, 2.45) is 5.14 Å². The van der Waals surface area contributed by atoms with E-state index in [0.29, 0.717) is 22.6 Å². The summed E-state index contributed by atoms with van der Waals surface area (Å²) >= 11 is 6.39. The number of sulfonamides is 1. The first-order chi connectivity index (χ1) is 11.5. The van der Waals surface area contributed by atoms with Crippen LogP contribution in [-0.2, 0) is 16.4 Å². The number of nitrogens with two attached hydrogens (primary N) is 1. The van der Waals surface area contributed by atoms with Gasteiger partial charge >= 0.3 is 0 Å². The molecule has 122 valence electrons. The van der Waals surface area contributed by atoms with Gasteiger partial charge in [-0.1, -0.05) is 48.0 Å². The Bertz CT molecular complexity index is 959. The lowest BCUT2D eigenvalue weighted by molar-refractivity contribution is 0.597. The Morgan fingerprint density at radius 2 is 1.75 bits per heavy atom. The van der Waals surface area contributed by atoms with Crippen molar-refractivity contribution in [2.75, 3.05) is 0 Å². The molecule has 3 rings (SSSR count). The topological polar surface area (TPSA) is 73.1 Å². The summed E-state index contributed by atoms with van der Waals surface area (Å²) < 4.78 is 24.1. The largest absolute Gasteiger partial charge is 0.264 e. The Morgan fingerprint density at radius 3 is 2.38 bits per heavy atom. The molecule has 0 spiro atoms. The molecule has 24 heavy (non-hydrogen) atoms. The van der Waals surface area contributed by atoms with E-state index in [1.54, 1.807) is 24.5 Å². The third-order valence-corrected chi connectivity index (χ3v) is 5.01. The highest BCUT2D eigenvalue weighted by atomic mass is 35.5. The van der Waals surface area contributed by atoms with Crippen LogP contribution in [0.5, 0.6) is 0 Å². The van der Waals surface area contributed by atoms with E-state index < -0.39 is 10.0 Å². The van der Waals surface area contributed by atoms with Crippen LogP contribution in [0.4, 0.5) is 0 Å². The highest BCUT2D eigenvalue weighted by Gasteiger charge is 2.21. The summed E-state index contributed by atoms with van der Waals surface area (Å²) in [5.41, 5.74) is 2.93. The van der Waals surface area contributed by atoms with E-state index >= 15 is 0 Å². The molecular weight excluding hydrogens is 344 g/mol. The molecule has 0 radical (unpaired) electrons. The van der Waals surface area contributed by atoms with E-state index in [-0.39, 0.29) is 4.90 Å². The lowest BCUT2D eigenvalue weighted by Gasteiger charge is -2.16. The Kier molecular flexibility index (Phi) is 4.66. The second kappa shape index (κ2) is 6.73. The fourth-order valence-corrected chi connectivity index (χ4v) is 3.73. The molecule has 0 bridgehead atoms. The van der Waals surface area contributed by atoms with Gasteiger partial charge in [0.05, 0.1) is 4.90 Å². The zero-order valence-electron chi connectivity index (χ0n) is 12.7. The maximum Gasteiger partial charge on any atom is 0.238 e. The van der Waals surface area contributed by atoms with Crippen LogP contribution in [0, 0.1) is 0 Å². The molecule has 0 saturated heterocycles. The number of pyridine rings is 1. The first kappa shape index (κ1) is 16.6. The minimum absolute atomic E-state index is 0.0783. The number of hydrogen-bond acceptors (Lipinski definition) is 3. The lowest BCUT2D eigenvalue weighted by Crippen LogP contribution is -2.15. The monoisotopic (exact) mass is 358 g/mol.